The fourth-order valence-electron chi connectivity index (χ4n) is 2.78. The molecular weight excluding hydrogens is 288 g/mol. The molecule has 0 aliphatic heterocycles. The minimum atomic E-state index is 0.455. The molecule has 0 N–H and O–H groups in total. The summed E-state index contributed by atoms with van der Waals surface area (Å²) < 4.78 is 0. The van der Waals surface area contributed by atoms with Gasteiger partial charge in [-0.1, -0.05) is 78.7 Å². The monoisotopic (exact) mass is 312 g/mol. The van der Waals surface area contributed by atoms with Crippen molar-refractivity contribution in [3.8, 4) is 0 Å². The number of benzene rings is 2. The molecule has 3 rings (SSSR count). The van der Waals surface area contributed by atoms with Crippen molar-refractivity contribution in [2.24, 2.45) is 0 Å². The molecule has 1 unspecified atom stereocenters. The van der Waals surface area contributed by atoms with Crippen LogP contribution < -0.4 is 0 Å². The zero-order valence-corrected chi connectivity index (χ0v) is 14.3. The van der Waals surface area contributed by atoms with Gasteiger partial charge in [0.15, 0.2) is 0 Å². The van der Waals surface area contributed by atoms with Crippen LogP contribution in [0.2, 0.25) is 5.02 Å². The van der Waals surface area contributed by atoms with Crippen LogP contribution in [0.5, 0.6) is 0 Å². The molecule has 22 heavy (non-hydrogen) atoms. The zero-order valence-electron chi connectivity index (χ0n) is 13.6. The summed E-state index contributed by atoms with van der Waals surface area (Å²) >= 11 is 6.19. The molecule has 0 spiro atoms. The van der Waals surface area contributed by atoms with Crippen molar-refractivity contribution in [1.82, 2.24) is 0 Å². The highest BCUT2D eigenvalue weighted by Gasteiger charge is 2.09. The summed E-state index contributed by atoms with van der Waals surface area (Å²) in [5.74, 6) is 0.455. The number of halogens is 1. The zero-order chi connectivity index (χ0) is 15.8. The van der Waals surface area contributed by atoms with Crippen molar-refractivity contribution in [2.75, 3.05) is 0 Å². The Balaban J connectivity index is 0.000000246. The number of allylic oxidation sites excluding steroid dienone is 2. The molecule has 1 heteroatoms. The van der Waals surface area contributed by atoms with Gasteiger partial charge < -0.3 is 0 Å². The molecule has 0 bridgehead atoms. The van der Waals surface area contributed by atoms with Crippen molar-refractivity contribution >= 4 is 11.6 Å². The van der Waals surface area contributed by atoms with E-state index in [1.165, 1.54) is 30.4 Å². The fourth-order valence-corrected chi connectivity index (χ4v) is 3.11. The van der Waals surface area contributed by atoms with Gasteiger partial charge in [0.2, 0.25) is 0 Å². The van der Waals surface area contributed by atoms with E-state index in [9.17, 15) is 0 Å². The second-order valence-electron chi connectivity index (χ2n) is 6.05. The summed E-state index contributed by atoms with van der Waals surface area (Å²) in [7, 11) is 0. The Hall–Kier alpha value is -1.53. The van der Waals surface area contributed by atoms with Crippen LogP contribution in [0.25, 0.3) is 0 Å². The van der Waals surface area contributed by atoms with E-state index in [1.807, 2.05) is 24.3 Å². The summed E-state index contributed by atoms with van der Waals surface area (Å²) in [6.07, 6.45) is 7.42. The molecule has 2 aromatic carbocycles. The van der Waals surface area contributed by atoms with Crippen LogP contribution in [0.15, 0.2) is 66.2 Å². The summed E-state index contributed by atoms with van der Waals surface area (Å²) in [6.45, 7) is 4.42. The molecule has 116 valence electrons. The lowest BCUT2D eigenvalue weighted by molar-refractivity contribution is 0.759. The normalized spacial score (nSPS) is 14.8. The van der Waals surface area contributed by atoms with Crippen LogP contribution in [0.4, 0.5) is 0 Å². The van der Waals surface area contributed by atoms with Gasteiger partial charge in [-0.3, -0.25) is 0 Å². The molecule has 0 radical (unpaired) electrons. The Bertz CT molecular complexity index is 598. The Morgan fingerprint density at radius 2 is 1.68 bits per heavy atom. The van der Waals surface area contributed by atoms with Gasteiger partial charge in [0.05, 0.1) is 0 Å². The molecule has 1 aliphatic carbocycles. The lowest BCUT2D eigenvalue weighted by atomic mass is 9.94. The molecular formula is C21H25Cl. The summed E-state index contributed by atoms with van der Waals surface area (Å²) in [5.41, 5.74) is 4.16. The second-order valence-corrected chi connectivity index (χ2v) is 6.46. The highest BCUT2D eigenvalue weighted by molar-refractivity contribution is 6.31. The molecule has 0 saturated heterocycles. The summed E-state index contributed by atoms with van der Waals surface area (Å²) in [5, 5.41) is 0.867. The minimum Gasteiger partial charge on any atom is -0.0856 e. The third-order valence-electron chi connectivity index (χ3n) is 4.09. The van der Waals surface area contributed by atoms with E-state index >= 15 is 0 Å². The lowest BCUT2D eigenvalue weighted by Gasteiger charge is -2.13. The highest BCUT2D eigenvalue weighted by atomic mass is 35.5. The predicted molar refractivity (Wildman–Crippen MR) is 97.6 cm³/mol. The van der Waals surface area contributed by atoms with Crippen molar-refractivity contribution in [3.63, 3.8) is 0 Å². The minimum absolute atomic E-state index is 0.455. The molecule has 1 aliphatic rings. The standard InChI is InChI=1S/C15H15Cl.C6H10/c1-12(11-13-7-3-2-4-8-13)14-9-5-6-10-15(14)16;1-6-4-2-3-5-6/h2-10,12H,11H2,1H3;4H,2-3,5H2,1H3. The SMILES string of the molecule is CC(Cc1ccccc1)c1ccccc1Cl.CC1=CCCC1. The Labute approximate surface area is 139 Å². The predicted octanol–water partition coefficient (Wildman–Crippen LogP) is 6.80. The largest absolute Gasteiger partial charge is 0.0856 e. The molecule has 0 fully saturated rings. The average molecular weight is 313 g/mol. The molecule has 0 nitrogen and oxygen atoms in total. The molecule has 1 atom stereocenters. The van der Waals surface area contributed by atoms with Crippen molar-refractivity contribution in [1.29, 1.82) is 0 Å². The summed E-state index contributed by atoms with van der Waals surface area (Å²) in [4.78, 5) is 0. The Morgan fingerprint density at radius 1 is 1.00 bits per heavy atom. The number of hydrogen-bond donors (Lipinski definition) is 0. The smallest absolute Gasteiger partial charge is 0.0440 e. The maximum atomic E-state index is 6.19. The third kappa shape index (κ3) is 5.35. The average Bonchev–Trinajstić information content (AvgIpc) is 3.00. The topological polar surface area (TPSA) is 0 Å². The third-order valence-corrected chi connectivity index (χ3v) is 4.43. The van der Waals surface area contributed by atoms with E-state index in [1.54, 1.807) is 5.57 Å². The first-order chi connectivity index (χ1) is 10.7. The van der Waals surface area contributed by atoms with E-state index in [0.717, 1.165) is 11.4 Å². The number of rotatable bonds is 3. The molecule has 0 saturated carbocycles. The van der Waals surface area contributed by atoms with Gasteiger partial charge >= 0.3 is 0 Å². The van der Waals surface area contributed by atoms with Crippen LogP contribution in [-0.2, 0) is 6.42 Å². The first kappa shape index (κ1) is 16.8. The first-order valence-corrected chi connectivity index (χ1v) is 8.48. The lowest BCUT2D eigenvalue weighted by Crippen LogP contribution is -1.98. The molecule has 0 amide bonds. The highest BCUT2D eigenvalue weighted by Crippen LogP contribution is 2.26. The van der Waals surface area contributed by atoms with E-state index in [4.69, 9.17) is 11.6 Å². The van der Waals surface area contributed by atoms with Crippen molar-refractivity contribution in [3.05, 3.63) is 82.4 Å². The van der Waals surface area contributed by atoms with Crippen molar-refractivity contribution < 1.29 is 0 Å². The van der Waals surface area contributed by atoms with Crippen LogP contribution in [0.3, 0.4) is 0 Å². The van der Waals surface area contributed by atoms with E-state index in [-0.39, 0.29) is 0 Å². The van der Waals surface area contributed by atoms with Crippen LogP contribution in [-0.4, -0.2) is 0 Å². The maximum absolute atomic E-state index is 6.19. The van der Waals surface area contributed by atoms with Gasteiger partial charge in [-0.2, -0.15) is 0 Å². The van der Waals surface area contributed by atoms with Gasteiger partial charge in [-0.15, -0.1) is 0 Å². The summed E-state index contributed by atoms with van der Waals surface area (Å²) in [6, 6.07) is 18.6. The Morgan fingerprint density at radius 3 is 2.23 bits per heavy atom. The van der Waals surface area contributed by atoms with E-state index in [2.05, 4.69) is 50.3 Å². The van der Waals surface area contributed by atoms with Crippen molar-refractivity contribution in [2.45, 2.75) is 45.4 Å². The van der Waals surface area contributed by atoms with Gasteiger partial charge in [-0.25, -0.2) is 0 Å². The van der Waals surface area contributed by atoms with Gasteiger partial charge in [0.1, 0.15) is 0 Å². The van der Waals surface area contributed by atoms with E-state index in [0.29, 0.717) is 5.92 Å². The van der Waals surface area contributed by atoms with Gasteiger partial charge in [0.25, 0.3) is 0 Å². The van der Waals surface area contributed by atoms with Gasteiger partial charge in [0, 0.05) is 5.02 Å². The second kappa shape index (κ2) is 8.80. The Kier molecular flexibility index (Phi) is 6.74. The molecule has 0 heterocycles. The van der Waals surface area contributed by atoms with Crippen LogP contribution >= 0.6 is 11.6 Å². The number of hydrogen-bond acceptors (Lipinski definition) is 0. The van der Waals surface area contributed by atoms with Crippen LogP contribution in [0, 0.1) is 0 Å². The first-order valence-electron chi connectivity index (χ1n) is 8.11. The van der Waals surface area contributed by atoms with E-state index < -0.39 is 0 Å². The quantitative estimate of drug-likeness (QED) is 0.546. The fraction of sp³-hybridized carbons (Fsp3) is 0.333. The van der Waals surface area contributed by atoms with Crippen LogP contribution in [0.1, 0.15) is 50.2 Å². The maximum Gasteiger partial charge on any atom is 0.0440 e. The van der Waals surface area contributed by atoms with Gasteiger partial charge in [-0.05, 0) is 55.7 Å². The molecule has 0 aromatic heterocycles. The molecule has 2 aromatic rings.